The van der Waals surface area contributed by atoms with Gasteiger partial charge in [-0.1, -0.05) is 5.16 Å². The summed E-state index contributed by atoms with van der Waals surface area (Å²) in [4.78, 5) is 19.5. The van der Waals surface area contributed by atoms with Crippen LogP contribution in [0.3, 0.4) is 0 Å². The van der Waals surface area contributed by atoms with Gasteiger partial charge in [-0.25, -0.2) is 0 Å². The van der Waals surface area contributed by atoms with Gasteiger partial charge in [-0.05, 0) is 6.07 Å². The number of nitrogens with two attached hydrogens (primary N) is 1. The average molecular weight is 233 g/mol. The van der Waals surface area contributed by atoms with Gasteiger partial charge in [-0.15, -0.1) is 0 Å². The van der Waals surface area contributed by atoms with E-state index in [-0.39, 0.29) is 12.5 Å². The second-order valence-electron chi connectivity index (χ2n) is 3.38. The van der Waals surface area contributed by atoms with Crippen LogP contribution in [-0.4, -0.2) is 21.0 Å². The molecule has 2 heterocycles. The summed E-state index contributed by atoms with van der Waals surface area (Å²) < 4.78 is 4.78. The van der Waals surface area contributed by atoms with Crippen LogP contribution in [0, 0.1) is 6.92 Å². The van der Waals surface area contributed by atoms with Crippen LogP contribution >= 0.6 is 0 Å². The van der Waals surface area contributed by atoms with E-state index in [0.29, 0.717) is 23.0 Å². The summed E-state index contributed by atoms with van der Waals surface area (Å²) in [6.07, 6.45) is 2.93. The zero-order valence-electron chi connectivity index (χ0n) is 9.17. The van der Waals surface area contributed by atoms with Gasteiger partial charge in [0.2, 0.25) is 5.89 Å². The summed E-state index contributed by atoms with van der Waals surface area (Å²) in [5.41, 5.74) is 6.35. The first-order valence-corrected chi connectivity index (χ1v) is 4.93. The van der Waals surface area contributed by atoms with E-state index in [1.807, 2.05) is 0 Å². The van der Waals surface area contributed by atoms with Crippen molar-refractivity contribution in [3.05, 3.63) is 35.7 Å². The highest BCUT2D eigenvalue weighted by Gasteiger charge is 2.10. The van der Waals surface area contributed by atoms with Gasteiger partial charge >= 0.3 is 0 Å². The zero-order chi connectivity index (χ0) is 12.3. The second-order valence-corrected chi connectivity index (χ2v) is 3.38. The number of rotatable bonds is 3. The molecule has 2 aromatic heterocycles. The van der Waals surface area contributed by atoms with Crippen molar-refractivity contribution in [2.24, 2.45) is 0 Å². The molecule has 0 aliphatic heterocycles. The maximum atomic E-state index is 11.7. The Morgan fingerprint density at radius 1 is 1.59 bits per heavy atom. The maximum absolute atomic E-state index is 11.7. The van der Waals surface area contributed by atoms with Gasteiger partial charge in [-0.3, -0.25) is 9.78 Å². The number of nitrogen functional groups attached to an aromatic ring is 1. The third kappa shape index (κ3) is 2.57. The van der Waals surface area contributed by atoms with Crippen LogP contribution in [0.4, 0.5) is 5.69 Å². The molecule has 1 amide bonds. The molecule has 0 bridgehead atoms. The number of carbonyl (C=O) groups excluding carboxylic acids is 1. The number of amides is 1. The van der Waals surface area contributed by atoms with Crippen molar-refractivity contribution in [1.29, 1.82) is 0 Å². The number of anilines is 1. The number of carbonyl (C=O) groups is 1. The van der Waals surface area contributed by atoms with Gasteiger partial charge < -0.3 is 15.6 Å². The number of nitrogens with one attached hydrogen (secondary N) is 1. The number of hydrogen-bond acceptors (Lipinski definition) is 6. The second kappa shape index (κ2) is 4.60. The molecule has 0 fully saturated rings. The van der Waals surface area contributed by atoms with Crippen LogP contribution in [0.1, 0.15) is 22.1 Å². The van der Waals surface area contributed by atoms with Gasteiger partial charge in [-0.2, -0.15) is 4.98 Å². The average Bonchev–Trinajstić information content (AvgIpc) is 2.73. The van der Waals surface area contributed by atoms with Crippen molar-refractivity contribution >= 4 is 11.6 Å². The third-order valence-corrected chi connectivity index (χ3v) is 2.08. The van der Waals surface area contributed by atoms with Crippen LogP contribution in [-0.2, 0) is 6.54 Å². The fraction of sp³-hybridized carbons (Fsp3) is 0.200. The number of aromatic nitrogens is 3. The molecule has 7 nitrogen and oxygen atoms in total. The van der Waals surface area contributed by atoms with E-state index in [4.69, 9.17) is 10.3 Å². The van der Waals surface area contributed by atoms with Crippen molar-refractivity contribution in [2.75, 3.05) is 5.73 Å². The Hall–Kier alpha value is -2.44. The normalized spacial score (nSPS) is 10.2. The fourth-order valence-electron chi connectivity index (χ4n) is 1.26. The Labute approximate surface area is 97.0 Å². The standard InChI is InChI=1S/C10H11N5O2/c1-6-14-9(15-17-6)5-13-10(16)7-4-12-3-2-8(7)11/h2-4H,5H2,1H3,(H2,11,12)(H,13,16). The highest BCUT2D eigenvalue weighted by molar-refractivity contribution is 5.98. The molecule has 17 heavy (non-hydrogen) atoms. The molecular formula is C10H11N5O2. The molecule has 2 rings (SSSR count). The quantitative estimate of drug-likeness (QED) is 0.788. The number of pyridine rings is 1. The lowest BCUT2D eigenvalue weighted by Gasteiger charge is -2.04. The lowest BCUT2D eigenvalue weighted by Crippen LogP contribution is -2.24. The van der Waals surface area contributed by atoms with Gasteiger partial charge in [0.25, 0.3) is 5.91 Å². The van der Waals surface area contributed by atoms with E-state index < -0.39 is 0 Å². The van der Waals surface area contributed by atoms with Crippen LogP contribution in [0.2, 0.25) is 0 Å². The Balaban J connectivity index is 2.01. The summed E-state index contributed by atoms with van der Waals surface area (Å²) in [5.74, 6) is 0.548. The Kier molecular flexibility index (Phi) is 2.99. The van der Waals surface area contributed by atoms with Crippen molar-refractivity contribution in [1.82, 2.24) is 20.4 Å². The SMILES string of the molecule is Cc1nc(CNC(=O)c2cnccc2N)no1. The summed E-state index contributed by atoms with van der Waals surface area (Å²) in [7, 11) is 0. The molecule has 0 saturated heterocycles. The molecule has 0 unspecified atom stereocenters. The third-order valence-electron chi connectivity index (χ3n) is 2.08. The largest absolute Gasteiger partial charge is 0.398 e. The minimum Gasteiger partial charge on any atom is -0.398 e. The van der Waals surface area contributed by atoms with E-state index in [9.17, 15) is 4.79 Å². The van der Waals surface area contributed by atoms with Crippen molar-refractivity contribution < 1.29 is 9.32 Å². The molecule has 0 aliphatic rings. The molecule has 88 valence electrons. The maximum Gasteiger partial charge on any atom is 0.255 e. The summed E-state index contributed by atoms with van der Waals surface area (Å²) >= 11 is 0. The van der Waals surface area contributed by atoms with Gasteiger partial charge in [0.15, 0.2) is 5.82 Å². The number of aryl methyl sites for hydroxylation is 1. The van der Waals surface area contributed by atoms with Crippen LogP contribution in [0.15, 0.2) is 23.0 Å². The van der Waals surface area contributed by atoms with E-state index >= 15 is 0 Å². The lowest BCUT2D eigenvalue weighted by atomic mass is 10.2. The van der Waals surface area contributed by atoms with Crippen LogP contribution in [0.25, 0.3) is 0 Å². The van der Waals surface area contributed by atoms with Gasteiger partial charge in [0.05, 0.1) is 12.1 Å². The Morgan fingerprint density at radius 2 is 2.41 bits per heavy atom. The molecule has 0 saturated carbocycles. The summed E-state index contributed by atoms with van der Waals surface area (Å²) in [6, 6.07) is 1.56. The zero-order valence-corrected chi connectivity index (χ0v) is 9.17. The van der Waals surface area contributed by atoms with E-state index in [0.717, 1.165) is 0 Å². The molecule has 0 aliphatic carbocycles. The Morgan fingerprint density at radius 3 is 3.06 bits per heavy atom. The molecule has 2 aromatic rings. The molecule has 0 radical (unpaired) electrons. The van der Waals surface area contributed by atoms with Crippen molar-refractivity contribution in [3.63, 3.8) is 0 Å². The monoisotopic (exact) mass is 233 g/mol. The van der Waals surface area contributed by atoms with Gasteiger partial charge in [0.1, 0.15) is 0 Å². The van der Waals surface area contributed by atoms with Crippen molar-refractivity contribution in [2.45, 2.75) is 13.5 Å². The molecular weight excluding hydrogens is 222 g/mol. The smallest absolute Gasteiger partial charge is 0.255 e. The number of hydrogen-bond donors (Lipinski definition) is 2. The Bertz CT molecular complexity index is 537. The van der Waals surface area contributed by atoms with E-state index in [1.54, 1.807) is 13.0 Å². The first-order valence-electron chi connectivity index (χ1n) is 4.93. The van der Waals surface area contributed by atoms with E-state index in [1.165, 1.54) is 12.4 Å². The predicted octanol–water partition coefficient (Wildman–Crippen LogP) is 0.285. The highest BCUT2D eigenvalue weighted by Crippen LogP contribution is 2.08. The van der Waals surface area contributed by atoms with Gasteiger partial charge in [0, 0.05) is 25.0 Å². The number of nitrogens with zero attached hydrogens (tertiary/aromatic N) is 3. The highest BCUT2D eigenvalue weighted by atomic mass is 16.5. The van der Waals surface area contributed by atoms with Crippen molar-refractivity contribution in [3.8, 4) is 0 Å². The molecule has 7 heteroatoms. The molecule has 0 atom stereocenters. The summed E-state index contributed by atoms with van der Waals surface area (Å²) in [6.45, 7) is 1.86. The first kappa shape index (κ1) is 11.1. The van der Waals surface area contributed by atoms with Crippen LogP contribution < -0.4 is 11.1 Å². The fourth-order valence-corrected chi connectivity index (χ4v) is 1.26. The molecule has 3 N–H and O–H groups in total. The topological polar surface area (TPSA) is 107 Å². The predicted molar refractivity (Wildman–Crippen MR) is 58.9 cm³/mol. The summed E-state index contributed by atoms with van der Waals surface area (Å²) in [5, 5.41) is 6.28. The van der Waals surface area contributed by atoms with Crippen LogP contribution in [0.5, 0.6) is 0 Å². The minimum atomic E-state index is -0.321. The molecule has 0 spiro atoms. The van der Waals surface area contributed by atoms with E-state index in [2.05, 4.69) is 20.4 Å². The minimum absolute atomic E-state index is 0.185. The molecule has 0 aromatic carbocycles. The first-order chi connectivity index (χ1) is 8.16. The lowest BCUT2D eigenvalue weighted by molar-refractivity contribution is 0.0950.